The van der Waals surface area contributed by atoms with Crippen LogP contribution in [0.15, 0.2) is 52.1 Å². The van der Waals surface area contributed by atoms with Crippen LogP contribution < -0.4 is 15.5 Å². The molecule has 1 aliphatic heterocycles. The summed E-state index contributed by atoms with van der Waals surface area (Å²) in [6.07, 6.45) is 0. The quantitative estimate of drug-likeness (QED) is 0.570. The number of hydrogen-bond acceptors (Lipinski definition) is 6. The fourth-order valence-electron chi connectivity index (χ4n) is 3.28. The van der Waals surface area contributed by atoms with E-state index in [-0.39, 0.29) is 11.9 Å². The zero-order chi connectivity index (χ0) is 21.3. The molecule has 9 heteroatoms. The molecule has 30 heavy (non-hydrogen) atoms. The Labute approximate surface area is 187 Å². The number of methoxy groups -OCH3 is 1. The molecular weight excluding hydrogens is 466 g/mol. The molecule has 0 unspecified atom stereocenters. The van der Waals surface area contributed by atoms with Gasteiger partial charge in [0.05, 0.1) is 17.6 Å². The Morgan fingerprint density at radius 1 is 1.23 bits per heavy atom. The summed E-state index contributed by atoms with van der Waals surface area (Å²) in [6, 6.07) is 13.7. The number of thioether (sulfide) groups is 1. The van der Waals surface area contributed by atoms with Gasteiger partial charge in [-0.1, -0.05) is 47.7 Å². The zero-order valence-corrected chi connectivity index (χ0v) is 19.3. The van der Waals surface area contributed by atoms with Crippen LogP contribution >= 0.6 is 27.7 Å². The van der Waals surface area contributed by atoms with E-state index >= 15 is 0 Å². The van der Waals surface area contributed by atoms with Gasteiger partial charge in [-0.05, 0) is 53.0 Å². The Morgan fingerprint density at radius 3 is 2.70 bits per heavy atom. The average Bonchev–Trinajstić information content (AvgIpc) is 3.12. The molecule has 1 aliphatic rings. The lowest BCUT2D eigenvalue weighted by Crippen LogP contribution is -2.44. The molecule has 4 rings (SSSR count). The van der Waals surface area contributed by atoms with Crippen molar-refractivity contribution < 1.29 is 9.53 Å². The Hall–Kier alpha value is -2.52. The van der Waals surface area contributed by atoms with Gasteiger partial charge in [0.25, 0.3) is 0 Å². The van der Waals surface area contributed by atoms with E-state index in [1.54, 1.807) is 7.11 Å². The van der Waals surface area contributed by atoms with Crippen molar-refractivity contribution in [1.29, 1.82) is 0 Å². The zero-order valence-electron chi connectivity index (χ0n) is 16.8. The van der Waals surface area contributed by atoms with Crippen LogP contribution in [0.4, 0.5) is 0 Å². The van der Waals surface area contributed by atoms with E-state index in [9.17, 15) is 4.79 Å². The fraction of sp³-hybridized carbons (Fsp3) is 0.286. The van der Waals surface area contributed by atoms with Crippen molar-refractivity contribution >= 4 is 33.6 Å². The van der Waals surface area contributed by atoms with Crippen LogP contribution in [-0.2, 0) is 11.3 Å². The van der Waals surface area contributed by atoms with Crippen LogP contribution in [0, 0.1) is 13.8 Å². The van der Waals surface area contributed by atoms with E-state index in [4.69, 9.17) is 4.74 Å². The number of nitrogens with one attached hydrogen (secondary N) is 2. The van der Waals surface area contributed by atoms with Crippen molar-refractivity contribution in [2.45, 2.75) is 36.8 Å². The lowest BCUT2D eigenvalue weighted by molar-refractivity contribution is -0.121. The van der Waals surface area contributed by atoms with Gasteiger partial charge in [0.2, 0.25) is 11.1 Å². The molecule has 1 aromatic heterocycles. The first kappa shape index (κ1) is 20.7. The van der Waals surface area contributed by atoms with E-state index in [0.29, 0.717) is 11.7 Å². The van der Waals surface area contributed by atoms with Gasteiger partial charge in [-0.3, -0.25) is 4.79 Å². The van der Waals surface area contributed by atoms with E-state index in [0.717, 1.165) is 27.2 Å². The molecule has 2 N–H and O–H groups in total. The number of hydrogen-bond donors (Lipinski definition) is 2. The summed E-state index contributed by atoms with van der Waals surface area (Å²) in [4.78, 5) is 13.2. The lowest BCUT2D eigenvalue weighted by Gasteiger charge is -2.33. The molecular formula is C21H22BrN5O2S. The number of benzene rings is 2. The standard InChI is InChI=1S/C21H22BrN5O2S/c1-12-4-6-14(7-5-12)11-23-20(28)19-18(15-8-9-17(29-3)16(22)10-15)26-27-13(2)24-25-21(27)30-19/h4-10,18-19,26H,11H2,1-3H3,(H,23,28)/t18-,19-/m1/s1. The maximum Gasteiger partial charge on any atom is 0.236 e. The van der Waals surface area contributed by atoms with Gasteiger partial charge >= 0.3 is 0 Å². The molecule has 1 amide bonds. The smallest absolute Gasteiger partial charge is 0.236 e. The number of halogens is 1. The summed E-state index contributed by atoms with van der Waals surface area (Å²) < 4.78 is 8.01. The summed E-state index contributed by atoms with van der Waals surface area (Å²) in [5.74, 6) is 1.43. The first-order chi connectivity index (χ1) is 14.5. The Balaban J connectivity index is 1.60. The Kier molecular flexibility index (Phi) is 6.01. The minimum absolute atomic E-state index is 0.0584. The van der Waals surface area contributed by atoms with E-state index in [1.165, 1.54) is 17.3 Å². The van der Waals surface area contributed by atoms with Gasteiger partial charge in [0.15, 0.2) is 0 Å². The summed E-state index contributed by atoms with van der Waals surface area (Å²) in [6.45, 7) is 4.40. The second-order valence-electron chi connectivity index (χ2n) is 7.11. The second kappa shape index (κ2) is 8.69. The maximum atomic E-state index is 13.2. The average molecular weight is 488 g/mol. The van der Waals surface area contributed by atoms with E-state index in [1.807, 2.05) is 61.0 Å². The Morgan fingerprint density at radius 2 is 2.00 bits per heavy atom. The lowest BCUT2D eigenvalue weighted by atomic mass is 10.0. The summed E-state index contributed by atoms with van der Waals surface area (Å²) in [7, 11) is 1.63. The molecule has 3 aromatic rings. The highest BCUT2D eigenvalue weighted by atomic mass is 79.9. The van der Waals surface area contributed by atoms with Gasteiger partial charge in [0.1, 0.15) is 16.8 Å². The van der Waals surface area contributed by atoms with Gasteiger partial charge in [0, 0.05) is 6.54 Å². The minimum atomic E-state index is -0.410. The normalized spacial score (nSPS) is 17.7. The molecule has 2 atom stereocenters. The molecule has 0 saturated heterocycles. The van der Waals surface area contributed by atoms with E-state index in [2.05, 4.69) is 36.9 Å². The number of carbonyl (C=O) groups excluding carboxylic acids is 1. The summed E-state index contributed by atoms with van der Waals surface area (Å²) in [5.41, 5.74) is 6.63. The molecule has 2 heterocycles. The number of nitrogens with zero attached hydrogens (tertiary/aromatic N) is 3. The highest BCUT2D eigenvalue weighted by Crippen LogP contribution is 2.39. The number of aryl methyl sites for hydroxylation is 2. The number of ether oxygens (including phenoxy) is 1. The highest BCUT2D eigenvalue weighted by molar-refractivity contribution is 9.10. The number of amides is 1. The van der Waals surface area contributed by atoms with Crippen LogP contribution in [0.5, 0.6) is 5.75 Å². The molecule has 0 spiro atoms. The summed E-state index contributed by atoms with van der Waals surface area (Å²) in [5, 5.41) is 11.7. The number of aromatic nitrogens is 3. The van der Waals surface area contributed by atoms with Gasteiger partial charge in [-0.15, -0.1) is 10.2 Å². The van der Waals surface area contributed by atoms with Gasteiger partial charge in [-0.2, -0.15) is 0 Å². The Bertz CT molecular complexity index is 1070. The predicted molar refractivity (Wildman–Crippen MR) is 120 cm³/mol. The van der Waals surface area contributed by atoms with Crippen LogP contribution in [0.25, 0.3) is 0 Å². The van der Waals surface area contributed by atoms with Crippen molar-refractivity contribution in [3.05, 3.63) is 69.5 Å². The van der Waals surface area contributed by atoms with Crippen molar-refractivity contribution in [3.8, 4) is 5.75 Å². The molecule has 0 bridgehead atoms. The highest BCUT2D eigenvalue weighted by Gasteiger charge is 2.37. The SMILES string of the molecule is COc1ccc([C@H]2Nn3c(C)nnc3S[C@H]2C(=O)NCc2ccc(C)cc2)cc1Br. The molecule has 2 aromatic carbocycles. The van der Waals surface area contributed by atoms with Gasteiger partial charge < -0.3 is 15.5 Å². The summed E-state index contributed by atoms with van der Waals surface area (Å²) >= 11 is 4.96. The topological polar surface area (TPSA) is 81.1 Å². The van der Waals surface area contributed by atoms with Crippen LogP contribution in [-0.4, -0.2) is 33.1 Å². The van der Waals surface area contributed by atoms with Crippen LogP contribution in [0.3, 0.4) is 0 Å². The number of fused-ring (bicyclic) bond motifs is 1. The van der Waals surface area contributed by atoms with E-state index < -0.39 is 5.25 Å². The van der Waals surface area contributed by atoms with Crippen molar-refractivity contribution in [2.75, 3.05) is 12.5 Å². The molecule has 0 radical (unpaired) electrons. The van der Waals surface area contributed by atoms with Crippen molar-refractivity contribution in [3.63, 3.8) is 0 Å². The molecule has 0 saturated carbocycles. The number of carbonyl (C=O) groups is 1. The van der Waals surface area contributed by atoms with Crippen LogP contribution in [0.1, 0.15) is 28.6 Å². The molecule has 0 aliphatic carbocycles. The largest absolute Gasteiger partial charge is 0.496 e. The third kappa shape index (κ3) is 4.17. The minimum Gasteiger partial charge on any atom is -0.496 e. The third-order valence-corrected chi connectivity index (χ3v) is 6.81. The molecule has 7 nitrogen and oxygen atoms in total. The van der Waals surface area contributed by atoms with Crippen LogP contribution in [0.2, 0.25) is 0 Å². The first-order valence-corrected chi connectivity index (χ1v) is 11.2. The maximum absolute atomic E-state index is 13.2. The predicted octanol–water partition coefficient (Wildman–Crippen LogP) is 3.74. The number of rotatable bonds is 5. The van der Waals surface area contributed by atoms with Gasteiger partial charge in [-0.25, -0.2) is 4.68 Å². The molecule has 0 fully saturated rings. The fourth-order valence-corrected chi connectivity index (χ4v) is 4.99. The first-order valence-electron chi connectivity index (χ1n) is 9.48. The monoisotopic (exact) mass is 487 g/mol. The van der Waals surface area contributed by atoms with Crippen molar-refractivity contribution in [1.82, 2.24) is 20.2 Å². The molecule has 156 valence electrons. The van der Waals surface area contributed by atoms with Crippen molar-refractivity contribution in [2.24, 2.45) is 0 Å². The second-order valence-corrected chi connectivity index (χ2v) is 9.07. The third-order valence-electron chi connectivity index (χ3n) is 4.98.